The first-order valence-corrected chi connectivity index (χ1v) is 11.1. The van der Waals surface area contributed by atoms with Gasteiger partial charge in [0, 0.05) is 57.4 Å². The van der Waals surface area contributed by atoms with E-state index in [4.69, 9.17) is 4.74 Å². The molecule has 9 nitrogen and oxygen atoms in total. The molecule has 0 saturated carbocycles. The number of piperidine rings is 1. The van der Waals surface area contributed by atoms with E-state index in [2.05, 4.69) is 15.1 Å². The van der Waals surface area contributed by atoms with Gasteiger partial charge in [0.2, 0.25) is 5.91 Å². The average molecular weight is 427 g/mol. The maximum atomic E-state index is 13.8. The number of aryl methyl sites for hydroxylation is 1. The molecule has 2 bridgehead atoms. The fourth-order valence-electron chi connectivity index (χ4n) is 5.79. The van der Waals surface area contributed by atoms with E-state index in [9.17, 15) is 9.59 Å². The van der Waals surface area contributed by atoms with Crippen molar-refractivity contribution in [3.05, 3.63) is 46.4 Å². The number of methoxy groups -OCH3 is 1. The zero-order chi connectivity index (χ0) is 21.5. The number of hydrogen-bond donors (Lipinski definition) is 0. The van der Waals surface area contributed by atoms with Gasteiger partial charge < -0.3 is 14.2 Å². The van der Waals surface area contributed by atoms with Crippen molar-refractivity contribution in [2.75, 3.05) is 33.4 Å². The number of fused-ring (bicyclic) bond motifs is 4. The van der Waals surface area contributed by atoms with Crippen LogP contribution < -0.4 is 5.56 Å². The second-order valence-corrected chi connectivity index (χ2v) is 9.13. The second kappa shape index (κ2) is 8.20. The van der Waals surface area contributed by atoms with Gasteiger partial charge in [-0.25, -0.2) is 0 Å². The molecule has 0 N–H and O–H groups in total. The molecule has 5 rings (SSSR count). The van der Waals surface area contributed by atoms with Crippen molar-refractivity contribution in [2.24, 2.45) is 13.0 Å². The fourth-order valence-corrected chi connectivity index (χ4v) is 5.79. The highest BCUT2D eigenvalue weighted by atomic mass is 16.5. The zero-order valence-electron chi connectivity index (χ0n) is 18.2. The van der Waals surface area contributed by atoms with Gasteiger partial charge in [-0.05, 0) is 25.3 Å². The summed E-state index contributed by atoms with van der Waals surface area (Å²) in [5.41, 5.74) is 0.905. The summed E-state index contributed by atoms with van der Waals surface area (Å²) in [4.78, 5) is 31.1. The Kier molecular flexibility index (Phi) is 5.39. The minimum atomic E-state index is -0.459. The molecular formula is C22H30N6O3. The predicted octanol–water partition coefficient (Wildman–Crippen LogP) is 0.775. The van der Waals surface area contributed by atoms with Gasteiger partial charge in [0.05, 0.1) is 19.2 Å². The third-order valence-electron chi connectivity index (χ3n) is 7.17. The highest BCUT2D eigenvalue weighted by Crippen LogP contribution is 2.42. The third-order valence-corrected chi connectivity index (χ3v) is 7.17. The zero-order valence-corrected chi connectivity index (χ0v) is 18.2. The normalized spacial score (nSPS) is 28.0. The second-order valence-electron chi connectivity index (χ2n) is 9.13. The van der Waals surface area contributed by atoms with Crippen molar-refractivity contribution < 1.29 is 9.53 Å². The summed E-state index contributed by atoms with van der Waals surface area (Å²) >= 11 is 0. The number of pyridine rings is 1. The number of rotatable bonds is 5. The smallest absolute Gasteiger partial charge is 0.251 e. The molecule has 0 aliphatic carbocycles. The largest absolute Gasteiger partial charge is 0.383 e. The first-order valence-electron chi connectivity index (χ1n) is 11.1. The van der Waals surface area contributed by atoms with Gasteiger partial charge in [-0.3, -0.25) is 19.1 Å². The summed E-state index contributed by atoms with van der Waals surface area (Å²) in [5, 5.41) is 8.23. The van der Waals surface area contributed by atoms with Crippen molar-refractivity contribution in [1.82, 2.24) is 29.1 Å². The minimum Gasteiger partial charge on any atom is -0.383 e. The summed E-state index contributed by atoms with van der Waals surface area (Å²) < 4.78 is 9.10. The number of aromatic nitrogens is 4. The van der Waals surface area contributed by atoms with E-state index in [1.807, 2.05) is 28.6 Å². The van der Waals surface area contributed by atoms with Crippen LogP contribution in [0.4, 0.5) is 0 Å². The van der Waals surface area contributed by atoms with Crippen LogP contribution in [0.3, 0.4) is 0 Å². The van der Waals surface area contributed by atoms with E-state index in [0.29, 0.717) is 13.2 Å². The summed E-state index contributed by atoms with van der Waals surface area (Å²) in [6.45, 7) is 3.59. The van der Waals surface area contributed by atoms with Crippen LogP contribution in [0, 0.1) is 5.92 Å². The third kappa shape index (κ3) is 3.59. The highest BCUT2D eigenvalue weighted by Gasteiger charge is 2.46. The Morgan fingerprint density at radius 1 is 1.29 bits per heavy atom. The lowest BCUT2D eigenvalue weighted by atomic mass is 9.78. The number of likely N-dealkylation sites (tertiary alicyclic amines) is 2. The van der Waals surface area contributed by atoms with Crippen molar-refractivity contribution in [3.8, 4) is 0 Å². The van der Waals surface area contributed by atoms with Crippen molar-refractivity contribution >= 4 is 5.91 Å². The Labute approximate surface area is 181 Å². The number of carbonyl (C=O) groups is 1. The van der Waals surface area contributed by atoms with E-state index in [1.165, 1.54) is 0 Å². The monoisotopic (exact) mass is 426 g/mol. The Balaban J connectivity index is 1.48. The minimum absolute atomic E-state index is 0.0676. The molecule has 3 aliphatic heterocycles. The van der Waals surface area contributed by atoms with E-state index in [1.54, 1.807) is 24.1 Å². The summed E-state index contributed by atoms with van der Waals surface area (Å²) in [7, 11) is 3.63. The van der Waals surface area contributed by atoms with Crippen LogP contribution in [0.2, 0.25) is 0 Å². The van der Waals surface area contributed by atoms with Crippen LogP contribution in [0.1, 0.15) is 42.7 Å². The van der Waals surface area contributed by atoms with Crippen LogP contribution in [0.5, 0.6) is 0 Å². The topological polar surface area (TPSA) is 85.5 Å². The number of carbonyl (C=O) groups excluding carboxylic acids is 1. The van der Waals surface area contributed by atoms with Gasteiger partial charge in [-0.1, -0.05) is 6.07 Å². The molecule has 2 aromatic heterocycles. The predicted molar refractivity (Wildman–Crippen MR) is 113 cm³/mol. The summed E-state index contributed by atoms with van der Waals surface area (Å²) in [6, 6.07) is 5.06. The molecule has 3 aliphatic rings. The van der Waals surface area contributed by atoms with Crippen molar-refractivity contribution in [3.63, 3.8) is 0 Å². The molecule has 1 amide bonds. The molecule has 0 unspecified atom stereocenters. The van der Waals surface area contributed by atoms with Gasteiger partial charge in [-0.15, -0.1) is 10.2 Å². The number of amides is 1. The summed E-state index contributed by atoms with van der Waals surface area (Å²) in [5.74, 6) is 1.31. The standard InChI is InChI=1S/C22H30N6O3/c1-25-14-23-24-19(25)12-26-10-15-9-16(11-26)21(28-18(15)6-3-7-20(28)29)22(30)27-8-4-5-17(27)13-31-2/h3,6-7,14-17,21H,4-5,8-13H2,1-2H3/t15-,16+,17-,21+/m0/s1. The molecule has 4 atom stereocenters. The molecule has 166 valence electrons. The Morgan fingerprint density at radius 3 is 2.94 bits per heavy atom. The van der Waals surface area contributed by atoms with Crippen LogP contribution >= 0.6 is 0 Å². The lowest BCUT2D eigenvalue weighted by molar-refractivity contribution is -0.140. The van der Waals surface area contributed by atoms with Gasteiger partial charge in [0.25, 0.3) is 5.56 Å². The lowest BCUT2D eigenvalue weighted by Gasteiger charge is -2.47. The van der Waals surface area contributed by atoms with E-state index >= 15 is 0 Å². The summed E-state index contributed by atoms with van der Waals surface area (Å²) in [6.07, 6.45) is 4.58. The van der Waals surface area contributed by atoms with Gasteiger partial charge in [0.1, 0.15) is 18.2 Å². The fraction of sp³-hybridized carbons (Fsp3) is 0.636. The van der Waals surface area contributed by atoms with Gasteiger partial charge in [-0.2, -0.15) is 0 Å². The lowest BCUT2D eigenvalue weighted by Crippen LogP contribution is -2.54. The maximum Gasteiger partial charge on any atom is 0.251 e. The quantitative estimate of drug-likeness (QED) is 0.702. The molecule has 0 aromatic carbocycles. The molecule has 2 aromatic rings. The molecule has 0 spiro atoms. The molecular weight excluding hydrogens is 396 g/mol. The van der Waals surface area contributed by atoms with Crippen molar-refractivity contribution in [2.45, 2.75) is 43.8 Å². The van der Waals surface area contributed by atoms with Gasteiger partial charge >= 0.3 is 0 Å². The van der Waals surface area contributed by atoms with Crippen LogP contribution in [0.15, 0.2) is 29.3 Å². The van der Waals surface area contributed by atoms with E-state index < -0.39 is 6.04 Å². The highest BCUT2D eigenvalue weighted by molar-refractivity contribution is 5.82. The molecule has 5 heterocycles. The molecule has 9 heteroatoms. The number of ether oxygens (including phenoxy) is 1. The first kappa shape index (κ1) is 20.4. The van der Waals surface area contributed by atoms with Crippen molar-refractivity contribution in [1.29, 1.82) is 0 Å². The SMILES string of the molecule is COC[C@@H]1CCCN1C(=O)[C@H]1[C@@H]2C[C@@H](CN(Cc3nncn3C)C2)c2cccc(=O)n21. The van der Waals surface area contributed by atoms with E-state index in [-0.39, 0.29) is 29.3 Å². The average Bonchev–Trinajstić information content (AvgIpc) is 3.38. The first-order chi connectivity index (χ1) is 15.1. The van der Waals surface area contributed by atoms with Crippen LogP contribution in [-0.2, 0) is 23.1 Å². The van der Waals surface area contributed by atoms with Crippen LogP contribution in [0.25, 0.3) is 0 Å². The van der Waals surface area contributed by atoms with Crippen LogP contribution in [-0.4, -0.2) is 74.4 Å². The van der Waals surface area contributed by atoms with E-state index in [0.717, 1.165) is 50.4 Å². The number of nitrogens with zero attached hydrogens (tertiary/aromatic N) is 6. The molecule has 2 saturated heterocycles. The Bertz CT molecular complexity index is 1020. The molecule has 0 radical (unpaired) electrons. The maximum absolute atomic E-state index is 13.8. The molecule has 31 heavy (non-hydrogen) atoms. The molecule has 2 fully saturated rings. The van der Waals surface area contributed by atoms with Gasteiger partial charge in [0.15, 0.2) is 0 Å². The Morgan fingerprint density at radius 2 is 2.16 bits per heavy atom. The Hall–Kier alpha value is -2.52. The number of hydrogen-bond acceptors (Lipinski definition) is 6.